The summed E-state index contributed by atoms with van der Waals surface area (Å²) in [6.45, 7) is 13.5. The van der Waals surface area contributed by atoms with Gasteiger partial charge in [-0.25, -0.2) is 0 Å². The third-order valence-electron chi connectivity index (χ3n) is 3.04. The fourth-order valence-corrected chi connectivity index (χ4v) is 4.48. The van der Waals surface area contributed by atoms with Crippen LogP contribution in [-0.4, -0.2) is 20.4 Å². The van der Waals surface area contributed by atoms with Crippen LogP contribution in [0.25, 0.3) is 0 Å². The normalized spacial score (nSPS) is 8.19. The van der Waals surface area contributed by atoms with Gasteiger partial charge in [0.15, 0.2) is 0 Å². The van der Waals surface area contributed by atoms with Gasteiger partial charge >= 0.3 is 0 Å². The molecule has 0 aliphatic carbocycles. The van der Waals surface area contributed by atoms with Gasteiger partial charge in [-0.15, -0.1) is 0 Å². The molecule has 0 aliphatic rings. The van der Waals surface area contributed by atoms with E-state index in [1.54, 1.807) is 0 Å². The second-order valence-corrected chi connectivity index (χ2v) is 6.56. The molecule has 0 amide bonds. The van der Waals surface area contributed by atoms with E-state index in [2.05, 4.69) is 111 Å². The second-order valence-electron chi connectivity index (χ2n) is 4.34. The first-order valence-corrected chi connectivity index (χ1v) is 8.36. The minimum atomic E-state index is -0.446. The molecular formula is C21H15CoO3P. The number of rotatable bonds is 3. The van der Waals surface area contributed by atoms with Crippen LogP contribution in [-0.2, 0) is 31.2 Å². The van der Waals surface area contributed by atoms with Crippen molar-refractivity contribution in [3.63, 3.8) is 0 Å². The van der Waals surface area contributed by atoms with Crippen molar-refractivity contribution < 1.29 is 31.2 Å². The Balaban J connectivity index is 0. The number of benzene rings is 3. The van der Waals surface area contributed by atoms with Crippen LogP contribution >= 0.6 is 7.92 Å². The standard InChI is InChI=1S/C18H15P.3CO.Co/c1-4-10-16(11-5-1)19(17-12-6-2-7-13-17)18-14-8-3-9-15-18;3*1-2;/h1-15H;;;;. The number of hydrogen-bond donors (Lipinski definition) is 0. The SMILES string of the molecule is [C]=O.[C]=O.[C]=O.[Co].c1ccc(P(c2ccccc2)c2ccccc2)cc1. The van der Waals surface area contributed by atoms with Gasteiger partial charge in [-0.05, 0) is 23.8 Å². The summed E-state index contributed by atoms with van der Waals surface area (Å²) in [6, 6.07) is 32.3. The average Bonchev–Trinajstić information content (AvgIpc) is 2.75. The molecule has 0 saturated carbocycles. The zero-order chi connectivity index (χ0) is 18.9. The van der Waals surface area contributed by atoms with E-state index < -0.39 is 7.92 Å². The van der Waals surface area contributed by atoms with E-state index in [-0.39, 0.29) is 16.8 Å². The summed E-state index contributed by atoms with van der Waals surface area (Å²) in [5.74, 6) is 0. The van der Waals surface area contributed by atoms with Gasteiger partial charge in [0.05, 0.1) is 0 Å². The van der Waals surface area contributed by atoms with Crippen molar-refractivity contribution in [2.75, 3.05) is 0 Å². The second kappa shape index (κ2) is 17.4. The van der Waals surface area contributed by atoms with Gasteiger partial charge in [0.25, 0.3) is 20.4 Å². The van der Waals surface area contributed by atoms with Gasteiger partial charge in [-0.3, -0.25) is 14.4 Å². The predicted molar refractivity (Wildman–Crippen MR) is 102 cm³/mol. The topological polar surface area (TPSA) is 51.2 Å². The van der Waals surface area contributed by atoms with Crippen LogP contribution in [0.1, 0.15) is 0 Å². The first-order valence-electron chi connectivity index (χ1n) is 7.02. The van der Waals surface area contributed by atoms with Crippen molar-refractivity contribution >= 4 is 44.2 Å². The predicted octanol–water partition coefficient (Wildman–Crippen LogP) is 2.25. The molecule has 0 spiro atoms. The molecule has 3 aromatic rings. The largest absolute Gasteiger partial charge is 0.281 e. The van der Waals surface area contributed by atoms with Crippen molar-refractivity contribution in [1.29, 1.82) is 0 Å². The summed E-state index contributed by atoms with van der Waals surface area (Å²) in [5.41, 5.74) is 0. The molecule has 5 heteroatoms. The van der Waals surface area contributed by atoms with Crippen molar-refractivity contribution in [3.05, 3.63) is 91.0 Å². The van der Waals surface area contributed by atoms with Gasteiger partial charge in [0, 0.05) is 16.8 Å². The third-order valence-corrected chi connectivity index (χ3v) is 5.49. The van der Waals surface area contributed by atoms with Crippen LogP contribution in [0.3, 0.4) is 0 Å². The molecule has 0 unspecified atom stereocenters. The first kappa shape index (κ1) is 25.8. The minimum Gasteiger partial charge on any atom is -0.281 e. The van der Waals surface area contributed by atoms with E-state index in [9.17, 15) is 0 Å². The smallest absolute Gasteiger partial charge is 0.281 e. The Hall–Kier alpha value is -2.39. The fraction of sp³-hybridized carbons (Fsp3) is 0. The molecule has 3 aromatic carbocycles. The average molecular weight is 405 g/mol. The molecule has 0 aromatic heterocycles. The maximum Gasteiger partial charge on any atom is 0.281 e. The monoisotopic (exact) mass is 405 g/mol. The van der Waals surface area contributed by atoms with Gasteiger partial charge in [0.1, 0.15) is 0 Å². The summed E-state index contributed by atoms with van der Waals surface area (Å²) in [4.78, 5) is 22.5. The summed E-state index contributed by atoms with van der Waals surface area (Å²) < 4.78 is 0. The van der Waals surface area contributed by atoms with Crippen LogP contribution in [0.15, 0.2) is 91.0 Å². The summed E-state index contributed by atoms with van der Waals surface area (Å²) in [7, 11) is -0.446. The summed E-state index contributed by atoms with van der Waals surface area (Å²) in [6.07, 6.45) is 0. The Kier molecular flexibility index (Phi) is 17.3. The quantitative estimate of drug-likeness (QED) is 0.629. The van der Waals surface area contributed by atoms with E-state index in [0.29, 0.717) is 0 Å². The Morgan fingerprint density at radius 3 is 0.808 bits per heavy atom. The van der Waals surface area contributed by atoms with Gasteiger partial charge < -0.3 is 0 Å². The van der Waals surface area contributed by atoms with Crippen molar-refractivity contribution in [2.24, 2.45) is 0 Å². The molecule has 0 atom stereocenters. The molecular weight excluding hydrogens is 390 g/mol. The van der Waals surface area contributed by atoms with Crippen LogP contribution in [0, 0.1) is 0 Å². The molecule has 0 aliphatic heterocycles. The van der Waals surface area contributed by atoms with Gasteiger partial charge in [-0.2, -0.15) is 0 Å². The molecule has 26 heavy (non-hydrogen) atoms. The van der Waals surface area contributed by atoms with Crippen molar-refractivity contribution in [2.45, 2.75) is 0 Å². The molecule has 3 nitrogen and oxygen atoms in total. The maximum atomic E-state index is 7.50. The molecule has 0 bridgehead atoms. The van der Waals surface area contributed by atoms with E-state index >= 15 is 0 Å². The van der Waals surface area contributed by atoms with Crippen molar-refractivity contribution in [3.8, 4) is 0 Å². The molecule has 131 valence electrons. The Morgan fingerprint density at radius 1 is 0.423 bits per heavy atom. The zero-order valence-electron chi connectivity index (χ0n) is 13.7. The summed E-state index contributed by atoms with van der Waals surface area (Å²) in [5, 5.41) is 4.19. The van der Waals surface area contributed by atoms with E-state index in [1.807, 2.05) is 0 Å². The minimum absolute atomic E-state index is 0. The Bertz CT molecular complexity index is 583. The summed E-state index contributed by atoms with van der Waals surface area (Å²) >= 11 is 0. The van der Waals surface area contributed by atoms with Crippen LogP contribution < -0.4 is 15.9 Å². The van der Waals surface area contributed by atoms with Crippen LogP contribution in [0.2, 0.25) is 0 Å². The molecule has 0 fully saturated rings. The van der Waals surface area contributed by atoms with Crippen molar-refractivity contribution in [1.82, 2.24) is 0 Å². The Labute approximate surface area is 166 Å². The van der Waals surface area contributed by atoms with Gasteiger partial charge in [0.2, 0.25) is 0 Å². The van der Waals surface area contributed by atoms with Gasteiger partial charge in [-0.1, -0.05) is 91.0 Å². The molecule has 0 N–H and O–H groups in total. The zero-order valence-corrected chi connectivity index (χ0v) is 15.6. The maximum absolute atomic E-state index is 7.50. The number of hydrogen-bond acceptors (Lipinski definition) is 3. The van der Waals surface area contributed by atoms with E-state index in [0.717, 1.165) is 0 Å². The third kappa shape index (κ3) is 8.12. The number of carbonyl (C=O) groups excluding carboxylic acids is 3. The van der Waals surface area contributed by atoms with E-state index in [1.165, 1.54) is 15.9 Å². The molecule has 3 rings (SSSR count). The molecule has 0 heterocycles. The fourth-order valence-electron chi connectivity index (χ4n) is 2.18. The van der Waals surface area contributed by atoms with Crippen LogP contribution in [0.4, 0.5) is 0 Å². The molecule has 7 radical (unpaired) electrons. The Morgan fingerprint density at radius 2 is 0.615 bits per heavy atom. The first-order chi connectivity index (χ1) is 12.4. The van der Waals surface area contributed by atoms with Crippen LogP contribution in [0.5, 0.6) is 0 Å². The van der Waals surface area contributed by atoms with E-state index in [4.69, 9.17) is 14.4 Å². The molecule has 0 saturated heterocycles.